The van der Waals surface area contributed by atoms with Gasteiger partial charge in [0.25, 0.3) is 17.7 Å². The number of thiazole rings is 1. The standard InChI is InChI=1S/C24H21ClN4O3S/c1-12-8-9-18(10-13(12)2)29-22(31)19(25)20(23(29)32)27-17-7-5-6-16(11-17)21(30)28-24-26-14(3)15(4)33-24/h5-11,27H,1-4H3,(H,26,28,30). The van der Waals surface area contributed by atoms with E-state index >= 15 is 0 Å². The van der Waals surface area contributed by atoms with Crippen LogP contribution in [0.2, 0.25) is 0 Å². The second kappa shape index (κ2) is 8.80. The molecule has 9 heteroatoms. The van der Waals surface area contributed by atoms with Gasteiger partial charge in [0.15, 0.2) is 5.13 Å². The predicted octanol–water partition coefficient (Wildman–Crippen LogP) is 5.06. The van der Waals surface area contributed by atoms with E-state index in [0.29, 0.717) is 22.1 Å². The zero-order chi connectivity index (χ0) is 23.9. The first-order valence-electron chi connectivity index (χ1n) is 10.1. The lowest BCUT2D eigenvalue weighted by molar-refractivity contribution is -0.120. The number of nitrogens with zero attached hydrogens (tertiary/aromatic N) is 2. The molecule has 1 aromatic heterocycles. The average molecular weight is 481 g/mol. The number of aryl methyl sites for hydroxylation is 4. The molecule has 0 saturated heterocycles. The summed E-state index contributed by atoms with van der Waals surface area (Å²) in [5.74, 6) is -1.49. The average Bonchev–Trinajstić information content (AvgIpc) is 3.20. The topological polar surface area (TPSA) is 91.4 Å². The lowest BCUT2D eigenvalue weighted by Crippen LogP contribution is -2.32. The van der Waals surface area contributed by atoms with Crippen LogP contribution in [0.3, 0.4) is 0 Å². The minimum Gasteiger partial charge on any atom is -0.350 e. The van der Waals surface area contributed by atoms with Crippen LogP contribution in [0.5, 0.6) is 0 Å². The number of carbonyl (C=O) groups is 3. The van der Waals surface area contributed by atoms with E-state index in [1.54, 1.807) is 36.4 Å². The Bertz CT molecular complexity index is 1330. The highest BCUT2D eigenvalue weighted by molar-refractivity contribution is 7.15. The molecule has 2 heterocycles. The van der Waals surface area contributed by atoms with Gasteiger partial charge in [0.1, 0.15) is 10.7 Å². The van der Waals surface area contributed by atoms with Crippen LogP contribution in [-0.2, 0) is 9.59 Å². The van der Waals surface area contributed by atoms with E-state index in [9.17, 15) is 14.4 Å². The van der Waals surface area contributed by atoms with Crippen molar-refractivity contribution in [2.75, 3.05) is 15.5 Å². The van der Waals surface area contributed by atoms with Gasteiger partial charge in [-0.3, -0.25) is 19.7 Å². The van der Waals surface area contributed by atoms with Crippen LogP contribution in [0.25, 0.3) is 0 Å². The summed E-state index contributed by atoms with van der Waals surface area (Å²) in [5.41, 5.74) is 4.10. The fraction of sp³-hybridized carbons (Fsp3) is 0.167. The monoisotopic (exact) mass is 480 g/mol. The summed E-state index contributed by atoms with van der Waals surface area (Å²) in [6, 6.07) is 11.9. The number of amides is 3. The Labute approximate surface area is 200 Å². The summed E-state index contributed by atoms with van der Waals surface area (Å²) in [7, 11) is 0. The van der Waals surface area contributed by atoms with Crippen molar-refractivity contribution >= 4 is 57.2 Å². The lowest BCUT2D eigenvalue weighted by Gasteiger charge is -2.16. The Kier molecular flexibility index (Phi) is 6.05. The van der Waals surface area contributed by atoms with Gasteiger partial charge in [-0.05, 0) is 69.2 Å². The Morgan fingerprint density at radius 2 is 1.76 bits per heavy atom. The largest absolute Gasteiger partial charge is 0.350 e. The van der Waals surface area contributed by atoms with Gasteiger partial charge in [-0.2, -0.15) is 0 Å². The maximum atomic E-state index is 13.0. The van der Waals surface area contributed by atoms with Crippen LogP contribution >= 0.6 is 22.9 Å². The molecule has 4 rings (SSSR count). The number of anilines is 3. The van der Waals surface area contributed by atoms with E-state index in [1.165, 1.54) is 11.3 Å². The lowest BCUT2D eigenvalue weighted by atomic mass is 10.1. The van der Waals surface area contributed by atoms with Crippen molar-refractivity contribution in [2.45, 2.75) is 27.7 Å². The van der Waals surface area contributed by atoms with Crippen molar-refractivity contribution in [3.05, 3.63) is 80.5 Å². The van der Waals surface area contributed by atoms with Gasteiger partial charge in [-0.25, -0.2) is 9.88 Å². The molecule has 2 aromatic carbocycles. The smallest absolute Gasteiger partial charge is 0.283 e. The molecular formula is C24H21ClN4O3S. The molecule has 0 aliphatic carbocycles. The zero-order valence-corrected chi connectivity index (χ0v) is 20.0. The Morgan fingerprint density at radius 1 is 1.00 bits per heavy atom. The second-order valence-corrected chi connectivity index (χ2v) is 9.30. The third-order valence-electron chi connectivity index (χ3n) is 5.42. The number of carbonyl (C=O) groups excluding carboxylic acids is 3. The minimum atomic E-state index is -0.601. The molecule has 7 nitrogen and oxygen atoms in total. The van der Waals surface area contributed by atoms with Crippen LogP contribution in [0, 0.1) is 27.7 Å². The number of benzene rings is 2. The summed E-state index contributed by atoms with van der Waals surface area (Å²) in [4.78, 5) is 44.8. The number of aromatic nitrogens is 1. The van der Waals surface area contributed by atoms with Gasteiger partial charge in [-0.1, -0.05) is 23.7 Å². The first kappa shape index (κ1) is 22.7. The normalized spacial score (nSPS) is 13.7. The molecule has 1 aliphatic heterocycles. The van der Waals surface area contributed by atoms with Crippen LogP contribution in [0.1, 0.15) is 32.1 Å². The number of halogens is 1. The van der Waals surface area contributed by atoms with Gasteiger partial charge in [0, 0.05) is 16.1 Å². The quantitative estimate of drug-likeness (QED) is 0.498. The van der Waals surface area contributed by atoms with Crippen LogP contribution in [0.4, 0.5) is 16.5 Å². The molecule has 33 heavy (non-hydrogen) atoms. The molecule has 0 spiro atoms. The molecule has 3 amide bonds. The van der Waals surface area contributed by atoms with Crippen molar-refractivity contribution in [1.29, 1.82) is 0 Å². The van der Waals surface area contributed by atoms with Gasteiger partial charge in [0.2, 0.25) is 0 Å². The highest BCUT2D eigenvalue weighted by Crippen LogP contribution is 2.31. The molecule has 0 saturated carbocycles. The predicted molar refractivity (Wildman–Crippen MR) is 131 cm³/mol. The summed E-state index contributed by atoms with van der Waals surface area (Å²) in [6.45, 7) is 7.67. The van der Waals surface area contributed by atoms with E-state index in [2.05, 4.69) is 15.6 Å². The van der Waals surface area contributed by atoms with Crippen molar-refractivity contribution in [3.8, 4) is 0 Å². The van der Waals surface area contributed by atoms with Crippen molar-refractivity contribution in [3.63, 3.8) is 0 Å². The number of hydrogen-bond acceptors (Lipinski definition) is 6. The fourth-order valence-electron chi connectivity index (χ4n) is 3.29. The summed E-state index contributed by atoms with van der Waals surface area (Å²) >= 11 is 7.63. The number of nitrogens with one attached hydrogen (secondary N) is 2. The first-order valence-corrected chi connectivity index (χ1v) is 11.3. The molecule has 1 aliphatic rings. The highest BCUT2D eigenvalue weighted by Gasteiger charge is 2.39. The van der Waals surface area contributed by atoms with Gasteiger partial charge in [0.05, 0.1) is 11.4 Å². The Hall–Kier alpha value is -3.49. The second-order valence-electron chi connectivity index (χ2n) is 7.72. The molecule has 2 N–H and O–H groups in total. The maximum absolute atomic E-state index is 13.0. The minimum absolute atomic E-state index is 0.0383. The van der Waals surface area contributed by atoms with E-state index in [-0.39, 0.29) is 16.6 Å². The molecule has 0 bridgehead atoms. The Morgan fingerprint density at radius 3 is 2.42 bits per heavy atom. The molecule has 0 unspecified atom stereocenters. The third kappa shape index (κ3) is 4.40. The number of hydrogen-bond donors (Lipinski definition) is 2. The highest BCUT2D eigenvalue weighted by atomic mass is 35.5. The summed E-state index contributed by atoms with van der Waals surface area (Å²) < 4.78 is 0. The van der Waals surface area contributed by atoms with Crippen molar-refractivity contribution in [2.24, 2.45) is 0 Å². The van der Waals surface area contributed by atoms with E-state index in [0.717, 1.165) is 26.6 Å². The molecule has 0 radical (unpaired) electrons. The zero-order valence-electron chi connectivity index (χ0n) is 18.4. The molecule has 0 fully saturated rings. The molecule has 0 atom stereocenters. The van der Waals surface area contributed by atoms with Gasteiger partial charge in [-0.15, -0.1) is 11.3 Å². The molecule has 168 valence electrons. The molecular weight excluding hydrogens is 460 g/mol. The SMILES string of the molecule is Cc1ccc(N2C(=O)C(Cl)=C(Nc3cccc(C(=O)Nc4nc(C)c(C)s4)c3)C2=O)cc1C. The summed E-state index contributed by atoms with van der Waals surface area (Å²) in [6.07, 6.45) is 0. The Balaban J connectivity index is 1.55. The van der Waals surface area contributed by atoms with Crippen LogP contribution < -0.4 is 15.5 Å². The van der Waals surface area contributed by atoms with Crippen molar-refractivity contribution < 1.29 is 14.4 Å². The number of imide groups is 1. The summed E-state index contributed by atoms with van der Waals surface area (Å²) in [5, 5.41) is 6.00. The van der Waals surface area contributed by atoms with Crippen LogP contribution in [0.15, 0.2) is 53.2 Å². The van der Waals surface area contributed by atoms with Crippen molar-refractivity contribution in [1.82, 2.24) is 4.98 Å². The molecule has 3 aromatic rings. The first-order chi connectivity index (χ1) is 15.7. The van der Waals surface area contributed by atoms with E-state index < -0.39 is 11.8 Å². The number of rotatable bonds is 5. The van der Waals surface area contributed by atoms with Crippen LogP contribution in [-0.4, -0.2) is 22.7 Å². The fourth-order valence-corrected chi connectivity index (χ4v) is 4.31. The third-order valence-corrected chi connectivity index (χ3v) is 6.76. The van der Waals surface area contributed by atoms with Gasteiger partial charge < -0.3 is 5.32 Å². The van der Waals surface area contributed by atoms with Gasteiger partial charge >= 0.3 is 0 Å². The van der Waals surface area contributed by atoms with E-state index in [4.69, 9.17) is 11.6 Å². The van der Waals surface area contributed by atoms with E-state index in [1.807, 2.05) is 33.8 Å². The maximum Gasteiger partial charge on any atom is 0.283 e.